The first-order valence-corrected chi connectivity index (χ1v) is 10.4. The number of ether oxygens (including phenoxy) is 2. The summed E-state index contributed by atoms with van der Waals surface area (Å²) in [6.07, 6.45) is 4.13. The van der Waals surface area contributed by atoms with Gasteiger partial charge in [0.05, 0.1) is 13.2 Å². The molecule has 146 valence electrons. The van der Waals surface area contributed by atoms with E-state index in [1.165, 1.54) is 0 Å². The molecule has 1 saturated heterocycles. The van der Waals surface area contributed by atoms with Gasteiger partial charge in [-0.1, -0.05) is 13.8 Å². The highest BCUT2D eigenvalue weighted by Crippen LogP contribution is 2.68. The minimum atomic E-state index is -1.40. The molecule has 4 nitrogen and oxygen atoms in total. The van der Waals surface area contributed by atoms with Gasteiger partial charge in [0.1, 0.15) is 17.6 Å². The zero-order valence-corrected chi connectivity index (χ0v) is 15.9. The molecular formula is C21H31FO4. The zero-order valence-electron chi connectivity index (χ0n) is 15.9. The second-order valence-electron chi connectivity index (χ2n) is 10.1. The Bertz CT molecular complexity index is 632. The Morgan fingerprint density at radius 3 is 2.54 bits per heavy atom. The zero-order chi connectivity index (χ0) is 18.4. The van der Waals surface area contributed by atoms with Gasteiger partial charge in [-0.05, 0) is 49.9 Å². The van der Waals surface area contributed by atoms with Crippen LogP contribution in [0.4, 0.5) is 4.39 Å². The van der Waals surface area contributed by atoms with Crippen LogP contribution in [0, 0.1) is 28.6 Å². The van der Waals surface area contributed by atoms with E-state index in [9.17, 15) is 9.90 Å². The summed E-state index contributed by atoms with van der Waals surface area (Å²) in [6.45, 7) is 5.25. The maximum absolute atomic E-state index is 15.6. The standard InChI is InChI=1S/C21H31FO4/c1-18-6-5-15-13(14(18)3-4-17(18)23)11-16(22)21(24)12-20(25-9-10-26-20)8-7-19(15,21)2/h13-16,24H,3-12H2,1-2H3/t13?,14?,15?,16-,18+,19-,21+/m1/s1. The van der Waals surface area contributed by atoms with Gasteiger partial charge < -0.3 is 14.6 Å². The average molecular weight is 366 g/mol. The Morgan fingerprint density at radius 1 is 1.08 bits per heavy atom. The molecule has 0 aromatic rings. The normalized spacial score (nSPS) is 55.5. The first kappa shape index (κ1) is 17.6. The van der Waals surface area contributed by atoms with Gasteiger partial charge >= 0.3 is 0 Å². The Labute approximate surface area is 154 Å². The maximum Gasteiger partial charge on any atom is 0.171 e. The van der Waals surface area contributed by atoms with Crippen LogP contribution in [0.1, 0.15) is 65.2 Å². The molecule has 5 fully saturated rings. The van der Waals surface area contributed by atoms with Crippen molar-refractivity contribution in [3.63, 3.8) is 0 Å². The summed E-state index contributed by atoms with van der Waals surface area (Å²) >= 11 is 0. The summed E-state index contributed by atoms with van der Waals surface area (Å²) in [4.78, 5) is 12.5. The smallest absolute Gasteiger partial charge is 0.171 e. The molecule has 0 aromatic heterocycles. The lowest BCUT2D eigenvalue weighted by Gasteiger charge is -2.65. The molecule has 1 aliphatic heterocycles. The lowest BCUT2D eigenvalue weighted by atomic mass is 9.43. The quantitative estimate of drug-likeness (QED) is 0.714. The van der Waals surface area contributed by atoms with Crippen molar-refractivity contribution >= 4 is 5.78 Å². The molecule has 5 rings (SSSR count). The Hall–Kier alpha value is -0.520. The second kappa shape index (κ2) is 5.30. The van der Waals surface area contributed by atoms with Crippen LogP contribution >= 0.6 is 0 Å². The van der Waals surface area contributed by atoms with Gasteiger partial charge in [0, 0.05) is 30.1 Å². The van der Waals surface area contributed by atoms with Gasteiger partial charge in [0.2, 0.25) is 0 Å². The molecule has 0 radical (unpaired) electrons. The second-order valence-corrected chi connectivity index (χ2v) is 10.1. The average Bonchev–Trinajstić information content (AvgIpc) is 3.16. The maximum atomic E-state index is 15.6. The van der Waals surface area contributed by atoms with Crippen molar-refractivity contribution in [3.05, 3.63) is 0 Å². The molecule has 5 heteroatoms. The van der Waals surface area contributed by atoms with Crippen molar-refractivity contribution < 1.29 is 23.8 Å². The molecule has 5 aliphatic rings. The Kier molecular flexibility index (Phi) is 3.58. The monoisotopic (exact) mass is 366 g/mol. The number of alkyl halides is 1. The first-order chi connectivity index (χ1) is 12.2. The van der Waals surface area contributed by atoms with Gasteiger partial charge in [-0.2, -0.15) is 0 Å². The summed E-state index contributed by atoms with van der Waals surface area (Å²) in [6, 6.07) is 0. The minimum absolute atomic E-state index is 0.208. The minimum Gasteiger partial charge on any atom is -0.386 e. The van der Waals surface area contributed by atoms with E-state index in [1.807, 2.05) is 0 Å². The number of hydrogen-bond acceptors (Lipinski definition) is 4. The number of Topliss-reactive ketones (excluding diaryl/α,β-unsaturated/α-hetero) is 1. The molecule has 1 spiro atoms. The van der Waals surface area contributed by atoms with E-state index in [-0.39, 0.29) is 29.6 Å². The van der Waals surface area contributed by atoms with Crippen LogP contribution in [0.25, 0.3) is 0 Å². The summed E-state index contributed by atoms with van der Waals surface area (Å²) in [7, 11) is 0. The highest BCUT2D eigenvalue weighted by molar-refractivity contribution is 5.87. The third-order valence-corrected chi connectivity index (χ3v) is 9.33. The predicted octanol–water partition coefficient (Wildman–Crippen LogP) is 3.40. The molecule has 3 unspecified atom stereocenters. The lowest BCUT2D eigenvalue weighted by molar-refractivity contribution is -0.302. The number of halogens is 1. The fourth-order valence-electron chi connectivity index (χ4n) is 7.70. The SMILES string of the molecule is C[C@]12CCC3C(C[C@@H](F)[C@@]4(O)CC5(CC[C@]34C)OCCO5)C1CCC2=O. The highest BCUT2D eigenvalue weighted by atomic mass is 19.1. The first-order valence-electron chi connectivity index (χ1n) is 10.4. The van der Waals surface area contributed by atoms with E-state index in [0.29, 0.717) is 31.8 Å². The van der Waals surface area contributed by atoms with E-state index < -0.39 is 23.0 Å². The van der Waals surface area contributed by atoms with Crippen LogP contribution in [0.15, 0.2) is 0 Å². The molecule has 1 N–H and O–H groups in total. The van der Waals surface area contributed by atoms with E-state index >= 15 is 4.39 Å². The molecule has 0 aromatic carbocycles. The topological polar surface area (TPSA) is 55.8 Å². The summed E-state index contributed by atoms with van der Waals surface area (Å²) in [5.41, 5.74) is -2.13. The van der Waals surface area contributed by atoms with Crippen LogP contribution in [0.3, 0.4) is 0 Å². The summed E-state index contributed by atoms with van der Waals surface area (Å²) in [5.74, 6) is 0.348. The number of carbonyl (C=O) groups excluding carboxylic acids is 1. The van der Waals surface area contributed by atoms with Crippen LogP contribution < -0.4 is 0 Å². The van der Waals surface area contributed by atoms with Crippen LogP contribution in [-0.4, -0.2) is 41.7 Å². The predicted molar refractivity (Wildman–Crippen MR) is 93.1 cm³/mol. The van der Waals surface area contributed by atoms with Gasteiger partial charge in [-0.3, -0.25) is 4.79 Å². The number of carbonyl (C=O) groups is 1. The number of aliphatic hydroxyl groups is 1. The molecule has 7 atom stereocenters. The van der Waals surface area contributed by atoms with Crippen LogP contribution in [0.5, 0.6) is 0 Å². The highest BCUT2D eigenvalue weighted by Gasteiger charge is 2.70. The van der Waals surface area contributed by atoms with Crippen LogP contribution in [-0.2, 0) is 14.3 Å². The van der Waals surface area contributed by atoms with Crippen molar-refractivity contribution in [2.75, 3.05) is 13.2 Å². The Balaban J connectivity index is 1.51. The molecular weight excluding hydrogens is 335 g/mol. The summed E-state index contributed by atoms with van der Waals surface area (Å²) in [5, 5.41) is 11.6. The van der Waals surface area contributed by atoms with Crippen molar-refractivity contribution in [1.82, 2.24) is 0 Å². The molecule has 0 bridgehead atoms. The van der Waals surface area contributed by atoms with Crippen molar-refractivity contribution in [3.8, 4) is 0 Å². The Morgan fingerprint density at radius 2 is 1.81 bits per heavy atom. The number of fused-ring (bicyclic) bond motifs is 5. The lowest BCUT2D eigenvalue weighted by Crippen LogP contribution is -2.69. The van der Waals surface area contributed by atoms with Gasteiger partial charge in [-0.25, -0.2) is 4.39 Å². The molecule has 1 heterocycles. The van der Waals surface area contributed by atoms with E-state index in [4.69, 9.17) is 9.47 Å². The fraction of sp³-hybridized carbons (Fsp3) is 0.952. The molecule has 4 saturated carbocycles. The molecule has 4 aliphatic carbocycles. The van der Waals surface area contributed by atoms with E-state index in [0.717, 1.165) is 32.1 Å². The number of ketones is 1. The van der Waals surface area contributed by atoms with Gasteiger partial charge in [0.25, 0.3) is 0 Å². The van der Waals surface area contributed by atoms with E-state index in [2.05, 4.69) is 13.8 Å². The summed E-state index contributed by atoms with van der Waals surface area (Å²) < 4.78 is 27.3. The largest absolute Gasteiger partial charge is 0.386 e. The van der Waals surface area contributed by atoms with Crippen molar-refractivity contribution in [2.24, 2.45) is 28.6 Å². The van der Waals surface area contributed by atoms with E-state index in [1.54, 1.807) is 0 Å². The third kappa shape index (κ3) is 1.98. The van der Waals surface area contributed by atoms with Gasteiger partial charge in [-0.15, -0.1) is 0 Å². The van der Waals surface area contributed by atoms with Crippen molar-refractivity contribution in [2.45, 2.75) is 82.8 Å². The van der Waals surface area contributed by atoms with Crippen molar-refractivity contribution in [1.29, 1.82) is 0 Å². The van der Waals surface area contributed by atoms with Crippen LogP contribution in [0.2, 0.25) is 0 Å². The third-order valence-electron chi connectivity index (χ3n) is 9.33. The number of hydrogen-bond donors (Lipinski definition) is 1. The van der Waals surface area contributed by atoms with Gasteiger partial charge in [0.15, 0.2) is 5.79 Å². The molecule has 0 amide bonds. The number of rotatable bonds is 0. The molecule has 26 heavy (non-hydrogen) atoms. The fourth-order valence-corrected chi connectivity index (χ4v) is 7.70.